The predicted octanol–water partition coefficient (Wildman–Crippen LogP) is 4.24. The second kappa shape index (κ2) is 8.74. The van der Waals surface area contributed by atoms with Crippen molar-refractivity contribution in [3.63, 3.8) is 0 Å². The van der Waals surface area contributed by atoms with Crippen LogP contribution in [0.3, 0.4) is 0 Å². The number of nitrogens with zero attached hydrogens (tertiary/aromatic N) is 3. The number of anilines is 1. The fraction of sp³-hybridized carbons (Fsp3) is 0.182. The number of fused-ring (bicyclic) bond motifs is 1. The summed E-state index contributed by atoms with van der Waals surface area (Å²) >= 11 is 0. The molecule has 2 aromatic heterocycles. The van der Waals surface area contributed by atoms with Crippen LogP contribution in [0, 0.1) is 17.5 Å². The number of hydrogen-bond acceptors (Lipinski definition) is 4. The lowest BCUT2D eigenvalue weighted by molar-refractivity contribution is 0.436. The molecule has 0 saturated heterocycles. The zero-order valence-electron chi connectivity index (χ0n) is 17.9. The second-order valence-electron chi connectivity index (χ2n) is 7.27. The largest absolute Gasteiger partial charge is 0.454 e. The van der Waals surface area contributed by atoms with Crippen LogP contribution in [0.2, 0.25) is 0 Å². The van der Waals surface area contributed by atoms with Gasteiger partial charge in [-0.3, -0.25) is 9.48 Å². The number of pyridine rings is 1. The molecule has 11 heteroatoms. The number of aromatic nitrogens is 3. The zero-order valence-corrected chi connectivity index (χ0v) is 18.7. The van der Waals surface area contributed by atoms with Crippen molar-refractivity contribution >= 4 is 27.6 Å². The first-order valence-electron chi connectivity index (χ1n) is 9.82. The highest BCUT2D eigenvalue weighted by molar-refractivity contribution is 7.86. The molecule has 0 aliphatic carbocycles. The number of nitrogens with one attached hydrogen (secondary N) is 1. The average molecular weight is 476 g/mol. The quantitative estimate of drug-likeness (QED) is 0.452. The highest BCUT2D eigenvalue weighted by Crippen LogP contribution is 2.40. The van der Waals surface area contributed by atoms with Crippen LogP contribution in [0.1, 0.15) is 6.92 Å². The number of hydrogen-bond donors (Lipinski definition) is 1. The molecule has 0 aliphatic heterocycles. The number of aryl methyl sites for hydroxylation is 2. The van der Waals surface area contributed by atoms with Crippen molar-refractivity contribution in [2.75, 3.05) is 10.5 Å². The Labute approximate surface area is 189 Å². The van der Waals surface area contributed by atoms with E-state index in [0.29, 0.717) is 22.5 Å². The van der Waals surface area contributed by atoms with Crippen molar-refractivity contribution in [3.05, 3.63) is 70.5 Å². The molecule has 0 radical (unpaired) electrons. The molecule has 7 nitrogen and oxygen atoms in total. The van der Waals surface area contributed by atoms with E-state index in [4.69, 9.17) is 4.74 Å². The van der Waals surface area contributed by atoms with E-state index >= 15 is 0 Å². The molecule has 33 heavy (non-hydrogen) atoms. The topological polar surface area (TPSA) is 78.2 Å². The Morgan fingerprint density at radius 1 is 1.03 bits per heavy atom. The van der Waals surface area contributed by atoms with Gasteiger partial charge in [-0.05, 0) is 18.2 Å². The van der Waals surface area contributed by atoms with Crippen LogP contribution in [-0.4, -0.2) is 24.3 Å². The van der Waals surface area contributed by atoms with Crippen LogP contribution in [0.15, 0.2) is 47.5 Å². The Bertz CT molecular complexity index is 1470. The minimum Gasteiger partial charge on any atom is -0.454 e. The van der Waals surface area contributed by atoms with Crippen molar-refractivity contribution in [2.45, 2.75) is 6.92 Å². The number of rotatable bonds is 6. The van der Waals surface area contributed by atoms with Gasteiger partial charge < -0.3 is 14.0 Å². The highest BCUT2D eigenvalue weighted by atomic mass is 32.2. The van der Waals surface area contributed by atoms with Crippen molar-refractivity contribution < 1.29 is 22.1 Å². The van der Waals surface area contributed by atoms with Crippen LogP contribution < -0.4 is 15.0 Å². The third kappa shape index (κ3) is 4.36. The zero-order chi connectivity index (χ0) is 23.9. The molecule has 0 bridgehead atoms. The standard InChI is InChI=1S/C22H19F3N4O3S/c1-4-33(31)27-18-8-13(14-10-28(2)22(30)15-11-29(3)26-21(14)15)20(9-16(18)24)32-19-6-5-12(23)7-17(19)25/h5-11,27H,4H2,1-3H3. The maximum Gasteiger partial charge on any atom is 0.261 e. The van der Waals surface area contributed by atoms with E-state index < -0.39 is 28.4 Å². The van der Waals surface area contributed by atoms with E-state index in [2.05, 4.69) is 9.82 Å². The first-order chi connectivity index (χ1) is 15.7. The molecule has 4 aromatic rings. The summed E-state index contributed by atoms with van der Waals surface area (Å²) in [5.74, 6) is -2.74. The summed E-state index contributed by atoms with van der Waals surface area (Å²) in [5.41, 5.74) is 0.612. The van der Waals surface area contributed by atoms with Crippen molar-refractivity contribution in [1.82, 2.24) is 14.3 Å². The Morgan fingerprint density at radius 3 is 2.48 bits per heavy atom. The summed E-state index contributed by atoms with van der Waals surface area (Å²) < 4.78 is 65.5. The van der Waals surface area contributed by atoms with Crippen molar-refractivity contribution in [2.24, 2.45) is 14.1 Å². The molecule has 172 valence electrons. The summed E-state index contributed by atoms with van der Waals surface area (Å²) in [7, 11) is 1.66. The Kier molecular flexibility index (Phi) is 5.98. The third-order valence-corrected chi connectivity index (χ3v) is 5.89. The molecular weight excluding hydrogens is 457 g/mol. The molecule has 1 N–H and O–H groups in total. The van der Waals surface area contributed by atoms with E-state index in [9.17, 15) is 22.2 Å². The van der Waals surface area contributed by atoms with Gasteiger partial charge in [-0.15, -0.1) is 0 Å². The first kappa shape index (κ1) is 22.6. The van der Waals surface area contributed by atoms with Crippen molar-refractivity contribution in [1.29, 1.82) is 0 Å². The smallest absolute Gasteiger partial charge is 0.261 e. The van der Waals surface area contributed by atoms with E-state index in [0.717, 1.165) is 18.2 Å². The summed E-state index contributed by atoms with van der Waals surface area (Å²) in [6.45, 7) is 1.67. The van der Waals surface area contributed by atoms with Gasteiger partial charge in [-0.25, -0.2) is 17.4 Å². The Morgan fingerprint density at radius 2 is 1.79 bits per heavy atom. The van der Waals surface area contributed by atoms with E-state index in [1.54, 1.807) is 27.2 Å². The Hall–Kier alpha value is -3.60. The van der Waals surface area contributed by atoms with Gasteiger partial charge in [-0.2, -0.15) is 5.10 Å². The van der Waals surface area contributed by atoms with E-state index in [-0.39, 0.29) is 34.1 Å². The normalized spacial score (nSPS) is 12.2. The number of ether oxygens (including phenoxy) is 1. The molecule has 2 aromatic carbocycles. The molecule has 0 aliphatic rings. The van der Waals surface area contributed by atoms with Gasteiger partial charge in [0.1, 0.15) is 28.1 Å². The van der Waals surface area contributed by atoms with E-state index in [1.165, 1.54) is 21.5 Å². The van der Waals surface area contributed by atoms with Crippen LogP contribution in [0.4, 0.5) is 18.9 Å². The van der Waals surface area contributed by atoms with Gasteiger partial charge in [0.25, 0.3) is 5.56 Å². The number of halogens is 3. The molecule has 4 rings (SSSR count). The highest BCUT2D eigenvalue weighted by Gasteiger charge is 2.21. The average Bonchev–Trinajstić information content (AvgIpc) is 3.16. The maximum absolute atomic E-state index is 14.9. The van der Waals surface area contributed by atoms with Crippen LogP contribution in [-0.2, 0) is 25.1 Å². The lowest BCUT2D eigenvalue weighted by Crippen LogP contribution is -2.16. The SMILES string of the molecule is CCS(=O)Nc1cc(-c2cn(C)c(=O)c3cn(C)nc23)c(Oc2ccc(F)cc2F)cc1F. The van der Waals surface area contributed by atoms with Gasteiger partial charge in [-0.1, -0.05) is 6.92 Å². The fourth-order valence-corrected chi connectivity index (χ4v) is 3.89. The number of benzene rings is 2. The molecule has 0 amide bonds. The molecule has 0 fully saturated rings. The van der Waals surface area contributed by atoms with Crippen LogP contribution in [0.25, 0.3) is 22.0 Å². The lowest BCUT2D eigenvalue weighted by atomic mass is 10.0. The Balaban J connectivity index is 1.98. The summed E-state index contributed by atoms with van der Waals surface area (Å²) in [6.07, 6.45) is 3.05. The molecule has 2 heterocycles. The second-order valence-corrected chi connectivity index (χ2v) is 8.74. The molecule has 0 spiro atoms. The van der Waals surface area contributed by atoms with Gasteiger partial charge in [0.15, 0.2) is 17.4 Å². The molecular formula is C22H19F3N4O3S. The fourth-order valence-electron chi connectivity index (χ4n) is 3.34. The minimum atomic E-state index is -1.54. The third-order valence-electron chi connectivity index (χ3n) is 4.92. The molecule has 1 atom stereocenters. The summed E-state index contributed by atoms with van der Waals surface area (Å²) in [5, 5.41) is 4.66. The summed E-state index contributed by atoms with van der Waals surface area (Å²) in [4.78, 5) is 12.6. The lowest BCUT2D eigenvalue weighted by Gasteiger charge is -2.16. The molecule has 0 saturated carbocycles. The van der Waals surface area contributed by atoms with E-state index in [1.807, 2.05) is 0 Å². The van der Waals surface area contributed by atoms with Crippen molar-refractivity contribution in [3.8, 4) is 22.6 Å². The van der Waals surface area contributed by atoms with Gasteiger partial charge >= 0.3 is 0 Å². The first-order valence-corrected chi connectivity index (χ1v) is 11.1. The van der Waals surface area contributed by atoms with Gasteiger partial charge in [0.2, 0.25) is 0 Å². The predicted molar refractivity (Wildman–Crippen MR) is 120 cm³/mol. The van der Waals surface area contributed by atoms with Crippen LogP contribution in [0.5, 0.6) is 11.5 Å². The van der Waals surface area contributed by atoms with Gasteiger partial charge in [0.05, 0.1) is 11.1 Å². The monoisotopic (exact) mass is 476 g/mol. The van der Waals surface area contributed by atoms with Crippen LogP contribution >= 0.6 is 0 Å². The molecule has 1 unspecified atom stereocenters. The maximum atomic E-state index is 14.9. The summed E-state index contributed by atoms with van der Waals surface area (Å²) in [6, 6.07) is 5.11. The minimum absolute atomic E-state index is 0.0740. The van der Waals surface area contributed by atoms with Gasteiger partial charge in [0, 0.05) is 55.5 Å².